The molecule has 0 spiro atoms. The Morgan fingerprint density at radius 3 is 3.10 bits per heavy atom. The van der Waals surface area contributed by atoms with E-state index in [1.165, 1.54) is 18.5 Å². The molecule has 4 nitrogen and oxygen atoms in total. The zero-order valence-corrected chi connectivity index (χ0v) is 11.6. The van der Waals surface area contributed by atoms with Gasteiger partial charge in [0.1, 0.15) is 6.07 Å². The number of hydrogen-bond donors (Lipinski definition) is 1. The van der Waals surface area contributed by atoms with Crippen LogP contribution in [-0.2, 0) is 0 Å². The Bertz CT molecular complexity index is 645. The van der Waals surface area contributed by atoms with Crippen molar-refractivity contribution in [3.05, 3.63) is 47.5 Å². The van der Waals surface area contributed by atoms with Gasteiger partial charge in [-0.25, -0.2) is 4.98 Å². The number of piperidine rings is 1. The molecule has 0 radical (unpaired) electrons. The van der Waals surface area contributed by atoms with E-state index < -0.39 is 0 Å². The minimum absolute atomic E-state index is 0.471. The molecule has 1 atom stereocenters. The molecule has 0 bridgehead atoms. The number of aryl methyl sites for hydroxylation is 1. The Morgan fingerprint density at radius 2 is 2.35 bits per heavy atom. The monoisotopic (exact) mass is 266 g/mol. The Hall–Kier alpha value is -2.12. The van der Waals surface area contributed by atoms with Crippen LogP contribution < -0.4 is 5.32 Å². The fourth-order valence-electron chi connectivity index (χ4n) is 2.91. The lowest BCUT2D eigenvalue weighted by molar-refractivity contribution is 0.451. The molecule has 1 aliphatic heterocycles. The summed E-state index contributed by atoms with van der Waals surface area (Å²) in [6.07, 6.45) is 6.11. The van der Waals surface area contributed by atoms with Crippen LogP contribution in [0.15, 0.2) is 30.7 Å². The minimum atomic E-state index is 0.471. The van der Waals surface area contributed by atoms with E-state index in [-0.39, 0.29) is 0 Å². The van der Waals surface area contributed by atoms with Gasteiger partial charge in [0.2, 0.25) is 0 Å². The molecule has 0 amide bonds. The van der Waals surface area contributed by atoms with Crippen LogP contribution in [0, 0.1) is 18.3 Å². The van der Waals surface area contributed by atoms with Gasteiger partial charge in [0.05, 0.1) is 17.6 Å². The van der Waals surface area contributed by atoms with E-state index >= 15 is 0 Å². The lowest BCUT2D eigenvalue weighted by Crippen LogP contribution is -2.29. The van der Waals surface area contributed by atoms with Crippen LogP contribution in [0.3, 0.4) is 0 Å². The number of benzene rings is 1. The summed E-state index contributed by atoms with van der Waals surface area (Å²) in [7, 11) is 0. The summed E-state index contributed by atoms with van der Waals surface area (Å²) < 4.78 is 2.07. The fourth-order valence-corrected chi connectivity index (χ4v) is 2.91. The van der Waals surface area contributed by atoms with Gasteiger partial charge in [0, 0.05) is 24.4 Å². The highest BCUT2D eigenvalue weighted by Crippen LogP contribution is 2.27. The maximum Gasteiger partial charge on any atom is 0.102 e. The topological polar surface area (TPSA) is 53.6 Å². The summed E-state index contributed by atoms with van der Waals surface area (Å²) in [6, 6.07) is 8.28. The molecule has 0 saturated carbocycles. The van der Waals surface area contributed by atoms with Crippen LogP contribution in [-0.4, -0.2) is 22.6 Å². The lowest BCUT2D eigenvalue weighted by atomic mass is 9.96. The van der Waals surface area contributed by atoms with Crippen molar-refractivity contribution in [2.45, 2.75) is 25.7 Å². The molecule has 4 heteroatoms. The molecule has 1 aromatic heterocycles. The predicted molar refractivity (Wildman–Crippen MR) is 77.9 cm³/mol. The third kappa shape index (κ3) is 2.21. The average molecular weight is 266 g/mol. The zero-order chi connectivity index (χ0) is 13.9. The van der Waals surface area contributed by atoms with Crippen LogP contribution in [0.25, 0.3) is 5.69 Å². The van der Waals surface area contributed by atoms with Gasteiger partial charge in [0.25, 0.3) is 0 Å². The summed E-state index contributed by atoms with van der Waals surface area (Å²) in [4.78, 5) is 4.30. The highest BCUT2D eigenvalue weighted by molar-refractivity contribution is 5.53. The lowest BCUT2D eigenvalue weighted by Gasteiger charge is -2.24. The van der Waals surface area contributed by atoms with E-state index in [2.05, 4.69) is 20.9 Å². The van der Waals surface area contributed by atoms with Crippen LogP contribution in [0.5, 0.6) is 0 Å². The van der Waals surface area contributed by atoms with Crippen molar-refractivity contribution in [1.29, 1.82) is 5.26 Å². The van der Waals surface area contributed by atoms with Crippen LogP contribution in [0.2, 0.25) is 0 Å². The molecule has 1 fully saturated rings. The summed E-state index contributed by atoms with van der Waals surface area (Å²) in [6.45, 7) is 4.05. The second kappa shape index (κ2) is 5.48. The van der Waals surface area contributed by atoms with E-state index in [1.807, 2.05) is 37.6 Å². The SMILES string of the molecule is Cc1cccc(-n2cncc2C2CCCNC2)c1C#N. The van der Waals surface area contributed by atoms with Gasteiger partial charge in [-0.2, -0.15) is 5.26 Å². The van der Waals surface area contributed by atoms with Gasteiger partial charge in [0.15, 0.2) is 0 Å². The highest BCUT2D eigenvalue weighted by Gasteiger charge is 2.20. The first-order chi connectivity index (χ1) is 9.81. The molecule has 20 heavy (non-hydrogen) atoms. The number of imidazole rings is 1. The van der Waals surface area contributed by atoms with Crippen molar-refractivity contribution in [3.8, 4) is 11.8 Å². The van der Waals surface area contributed by atoms with Gasteiger partial charge in [-0.15, -0.1) is 0 Å². The quantitative estimate of drug-likeness (QED) is 0.908. The Balaban J connectivity index is 2.06. The van der Waals surface area contributed by atoms with Gasteiger partial charge >= 0.3 is 0 Å². The van der Waals surface area contributed by atoms with Crippen molar-refractivity contribution in [2.24, 2.45) is 0 Å². The Kier molecular flexibility index (Phi) is 3.53. The zero-order valence-electron chi connectivity index (χ0n) is 11.6. The molecular weight excluding hydrogens is 248 g/mol. The first-order valence-electron chi connectivity index (χ1n) is 7.04. The van der Waals surface area contributed by atoms with Gasteiger partial charge in [-0.05, 0) is 37.9 Å². The highest BCUT2D eigenvalue weighted by atomic mass is 15.1. The number of nitrogens with zero attached hydrogens (tertiary/aromatic N) is 3. The summed E-state index contributed by atoms with van der Waals surface area (Å²) in [5.41, 5.74) is 3.87. The molecule has 1 saturated heterocycles. The number of nitrogens with one attached hydrogen (secondary N) is 1. The second-order valence-electron chi connectivity index (χ2n) is 5.31. The molecule has 3 rings (SSSR count). The Labute approximate surface area is 119 Å². The third-order valence-corrected chi connectivity index (χ3v) is 4.00. The largest absolute Gasteiger partial charge is 0.316 e. The normalized spacial score (nSPS) is 18.7. The maximum atomic E-state index is 9.40. The van der Waals surface area contributed by atoms with Crippen LogP contribution in [0.1, 0.15) is 35.6 Å². The number of hydrogen-bond acceptors (Lipinski definition) is 3. The van der Waals surface area contributed by atoms with Crippen molar-refractivity contribution in [2.75, 3.05) is 13.1 Å². The number of aromatic nitrogens is 2. The van der Waals surface area contributed by atoms with Crippen LogP contribution in [0.4, 0.5) is 0 Å². The first kappa shape index (κ1) is 12.9. The minimum Gasteiger partial charge on any atom is -0.316 e. The standard InChI is InChI=1S/C16H18N4/c1-12-4-2-6-15(14(12)8-17)20-11-19-10-16(20)13-5-3-7-18-9-13/h2,4,6,10-11,13,18H,3,5,7,9H2,1H3. The summed E-state index contributed by atoms with van der Waals surface area (Å²) >= 11 is 0. The maximum absolute atomic E-state index is 9.40. The number of rotatable bonds is 2. The van der Waals surface area contributed by atoms with E-state index in [4.69, 9.17) is 0 Å². The summed E-state index contributed by atoms with van der Waals surface area (Å²) in [5, 5.41) is 12.8. The third-order valence-electron chi connectivity index (χ3n) is 4.00. The molecular formula is C16H18N4. The molecule has 2 heterocycles. The Morgan fingerprint density at radius 1 is 1.45 bits per heavy atom. The predicted octanol–water partition coefficient (Wildman–Crippen LogP) is 2.52. The van der Waals surface area contributed by atoms with E-state index in [0.29, 0.717) is 5.92 Å². The summed E-state index contributed by atoms with van der Waals surface area (Å²) in [5.74, 6) is 0.471. The molecule has 1 aliphatic rings. The van der Waals surface area contributed by atoms with Gasteiger partial charge in [-0.3, -0.25) is 0 Å². The van der Waals surface area contributed by atoms with Crippen molar-refractivity contribution in [1.82, 2.24) is 14.9 Å². The van der Waals surface area contributed by atoms with E-state index in [1.54, 1.807) is 0 Å². The molecule has 102 valence electrons. The second-order valence-corrected chi connectivity index (χ2v) is 5.31. The van der Waals surface area contributed by atoms with Gasteiger partial charge < -0.3 is 9.88 Å². The smallest absolute Gasteiger partial charge is 0.102 e. The van der Waals surface area contributed by atoms with Crippen molar-refractivity contribution < 1.29 is 0 Å². The average Bonchev–Trinajstić information content (AvgIpc) is 2.97. The number of nitriles is 1. The molecule has 2 aromatic rings. The van der Waals surface area contributed by atoms with Crippen LogP contribution >= 0.6 is 0 Å². The molecule has 0 aliphatic carbocycles. The fraction of sp³-hybridized carbons (Fsp3) is 0.375. The molecule has 1 unspecified atom stereocenters. The molecule has 1 N–H and O–H groups in total. The van der Waals surface area contributed by atoms with E-state index in [9.17, 15) is 5.26 Å². The van der Waals surface area contributed by atoms with E-state index in [0.717, 1.165) is 29.9 Å². The first-order valence-corrected chi connectivity index (χ1v) is 7.04. The molecule has 1 aromatic carbocycles. The van der Waals surface area contributed by atoms with Gasteiger partial charge in [-0.1, -0.05) is 12.1 Å². The van der Waals surface area contributed by atoms with Crippen molar-refractivity contribution in [3.63, 3.8) is 0 Å². The van der Waals surface area contributed by atoms with Crippen molar-refractivity contribution >= 4 is 0 Å².